The predicted molar refractivity (Wildman–Crippen MR) is 104 cm³/mol. The minimum Gasteiger partial charge on any atom is -0.287 e. The average molecular weight is 328 g/mol. The summed E-state index contributed by atoms with van der Waals surface area (Å²) in [7, 11) is -1.39. The lowest BCUT2D eigenvalue weighted by molar-refractivity contribution is 0.589. The largest absolute Gasteiger partial charge is 0.287 e. The topological polar surface area (TPSA) is 26.0 Å². The van der Waals surface area contributed by atoms with Crippen LogP contribution < -0.4 is 5.14 Å². The molecule has 23 heavy (non-hydrogen) atoms. The van der Waals surface area contributed by atoms with Gasteiger partial charge in [-0.1, -0.05) is 53.7 Å². The average Bonchev–Trinajstić information content (AvgIpc) is 2.65. The van der Waals surface area contributed by atoms with Crippen molar-refractivity contribution < 1.29 is 0 Å². The molecule has 0 fully saturated rings. The van der Waals surface area contributed by atoms with Crippen LogP contribution in [0.4, 0.5) is 0 Å². The Morgan fingerprint density at radius 1 is 0.696 bits per heavy atom. The Balaban J connectivity index is 2.28. The van der Waals surface area contributed by atoms with Crippen LogP contribution in [0.1, 0.15) is 52.7 Å². The molecule has 0 saturated carbocycles. The van der Waals surface area contributed by atoms with Gasteiger partial charge in [0.2, 0.25) is 0 Å². The zero-order valence-electron chi connectivity index (χ0n) is 15.4. The van der Waals surface area contributed by atoms with Crippen molar-refractivity contribution >= 4 is 10.2 Å². The predicted octanol–water partition coefficient (Wildman–Crippen LogP) is 5.99. The second kappa shape index (κ2) is 4.87. The molecule has 0 radical (unpaired) electrons. The van der Waals surface area contributed by atoms with Crippen molar-refractivity contribution in [2.45, 2.75) is 62.2 Å². The van der Waals surface area contributed by atoms with Gasteiger partial charge in [0.05, 0.1) is 0 Å². The van der Waals surface area contributed by atoms with Gasteiger partial charge in [0.15, 0.2) is 0 Å². The fraction of sp³-hybridized carbons (Fsp3) is 0.429. The lowest BCUT2D eigenvalue weighted by Crippen LogP contribution is -2.12. The standard InChI is InChI=1S/C21H29NS/c1-20(2,3)14-8-10-18-16(12-14)17-13-15(21(4,5)6)9-11-19(17)23(18,7)22/h8-13H,22H2,1-7H3. The summed E-state index contributed by atoms with van der Waals surface area (Å²) >= 11 is 0. The van der Waals surface area contributed by atoms with Gasteiger partial charge in [-0.05, 0) is 63.6 Å². The Kier molecular flexibility index (Phi) is 3.52. The first kappa shape index (κ1) is 16.6. The highest BCUT2D eigenvalue weighted by Gasteiger charge is 2.34. The Labute approximate surface area is 142 Å². The van der Waals surface area contributed by atoms with E-state index in [-0.39, 0.29) is 10.8 Å². The zero-order chi connectivity index (χ0) is 17.2. The van der Waals surface area contributed by atoms with Crippen LogP contribution in [0.2, 0.25) is 0 Å². The van der Waals surface area contributed by atoms with Crippen molar-refractivity contribution in [3.63, 3.8) is 0 Å². The van der Waals surface area contributed by atoms with Gasteiger partial charge < -0.3 is 0 Å². The van der Waals surface area contributed by atoms with Crippen molar-refractivity contribution in [3.8, 4) is 11.1 Å². The van der Waals surface area contributed by atoms with Gasteiger partial charge in [-0.3, -0.25) is 5.14 Å². The third-order valence-corrected chi connectivity index (χ3v) is 7.43. The summed E-state index contributed by atoms with van der Waals surface area (Å²) in [6, 6.07) is 13.8. The van der Waals surface area contributed by atoms with Crippen molar-refractivity contribution in [2.24, 2.45) is 5.14 Å². The molecule has 0 bridgehead atoms. The summed E-state index contributed by atoms with van der Waals surface area (Å²) in [6.45, 7) is 13.6. The fourth-order valence-corrected chi connectivity index (χ4v) is 5.46. The zero-order valence-corrected chi connectivity index (χ0v) is 16.3. The smallest absolute Gasteiger partial charge is 0.0139 e. The van der Waals surface area contributed by atoms with E-state index in [0.717, 1.165) is 0 Å². The number of benzene rings is 2. The molecule has 1 aliphatic heterocycles. The molecule has 1 heterocycles. The monoisotopic (exact) mass is 327 g/mol. The van der Waals surface area contributed by atoms with E-state index in [1.54, 1.807) is 0 Å². The van der Waals surface area contributed by atoms with Gasteiger partial charge in [0.1, 0.15) is 0 Å². The van der Waals surface area contributed by atoms with Gasteiger partial charge >= 0.3 is 0 Å². The number of nitrogens with two attached hydrogens (primary N) is 1. The first-order valence-corrected chi connectivity index (χ1v) is 10.4. The molecule has 1 aliphatic rings. The molecule has 2 aromatic carbocycles. The first-order chi connectivity index (χ1) is 10.4. The van der Waals surface area contributed by atoms with E-state index in [2.05, 4.69) is 84.2 Å². The molecule has 0 amide bonds. The quantitative estimate of drug-likeness (QED) is 0.632. The lowest BCUT2D eigenvalue weighted by Gasteiger charge is -2.29. The van der Waals surface area contributed by atoms with E-state index in [0.29, 0.717) is 0 Å². The maximum absolute atomic E-state index is 6.80. The molecule has 2 N–H and O–H groups in total. The Morgan fingerprint density at radius 3 is 1.35 bits per heavy atom. The number of rotatable bonds is 0. The molecule has 124 valence electrons. The summed E-state index contributed by atoms with van der Waals surface area (Å²) in [4.78, 5) is 2.65. The molecular formula is C21H29NS. The highest BCUT2D eigenvalue weighted by atomic mass is 32.3. The number of hydrogen-bond acceptors (Lipinski definition) is 1. The molecule has 0 aromatic heterocycles. The lowest BCUT2D eigenvalue weighted by atomic mass is 9.83. The highest BCUT2D eigenvalue weighted by Crippen LogP contribution is 2.65. The van der Waals surface area contributed by atoms with Crippen molar-refractivity contribution in [3.05, 3.63) is 47.5 Å². The summed E-state index contributed by atoms with van der Waals surface area (Å²) in [5, 5.41) is 6.80. The molecule has 2 aromatic rings. The van der Waals surface area contributed by atoms with Gasteiger partial charge in [-0.2, -0.15) is 0 Å². The van der Waals surface area contributed by atoms with Gasteiger partial charge in [0, 0.05) is 9.79 Å². The van der Waals surface area contributed by atoms with E-state index >= 15 is 0 Å². The molecule has 0 saturated heterocycles. The van der Waals surface area contributed by atoms with Crippen LogP contribution in [-0.2, 0) is 10.8 Å². The van der Waals surface area contributed by atoms with Crippen LogP contribution in [0.3, 0.4) is 0 Å². The van der Waals surface area contributed by atoms with Gasteiger partial charge in [0.25, 0.3) is 0 Å². The minimum atomic E-state index is -1.39. The summed E-state index contributed by atoms with van der Waals surface area (Å²) < 4.78 is 0. The summed E-state index contributed by atoms with van der Waals surface area (Å²) in [6.07, 6.45) is 2.21. The van der Waals surface area contributed by atoms with Crippen LogP contribution in [0.25, 0.3) is 11.1 Å². The van der Waals surface area contributed by atoms with Crippen LogP contribution in [0.5, 0.6) is 0 Å². The Bertz CT molecular complexity index is 708. The third kappa shape index (κ3) is 2.62. The summed E-state index contributed by atoms with van der Waals surface area (Å²) in [5.41, 5.74) is 5.75. The van der Waals surface area contributed by atoms with E-state index in [1.165, 1.54) is 32.0 Å². The van der Waals surface area contributed by atoms with E-state index < -0.39 is 10.2 Å². The van der Waals surface area contributed by atoms with E-state index in [4.69, 9.17) is 5.14 Å². The number of hydrogen-bond donors (Lipinski definition) is 1. The van der Waals surface area contributed by atoms with Crippen molar-refractivity contribution in [1.29, 1.82) is 0 Å². The normalized spacial score (nSPS) is 17.6. The Hall–Kier alpha value is -1.25. The van der Waals surface area contributed by atoms with E-state index in [1.807, 2.05) is 0 Å². The second-order valence-electron chi connectivity index (χ2n) is 8.90. The van der Waals surface area contributed by atoms with Gasteiger partial charge in [-0.15, -0.1) is 10.2 Å². The molecule has 0 spiro atoms. The molecule has 0 aliphatic carbocycles. The first-order valence-electron chi connectivity index (χ1n) is 8.28. The summed E-state index contributed by atoms with van der Waals surface area (Å²) in [5.74, 6) is 0. The minimum absolute atomic E-state index is 0.153. The SMILES string of the molecule is CC(C)(C)c1ccc2c(c1)-c1cc(C(C)(C)C)ccc1S2(C)N. The van der Waals surface area contributed by atoms with Crippen LogP contribution >= 0.6 is 10.2 Å². The molecule has 2 heteroatoms. The molecular weight excluding hydrogens is 298 g/mol. The molecule has 0 atom stereocenters. The fourth-order valence-electron chi connectivity index (χ4n) is 3.27. The van der Waals surface area contributed by atoms with Crippen molar-refractivity contribution in [1.82, 2.24) is 0 Å². The third-order valence-electron chi connectivity index (χ3n) is 4.90. The molecule has 3 rings (SSSR count). The van der Waals surface area contributed by atoms with Crippen molar-refractivity contribution in [2.75, 3.05) is 6.26 Å². The van der Waals surface area contributed by atoms with Crippen LogP contribution in [0.15, 0.2) is 46.2 Å². The van der Waals surface area contributed by atoms with E-state index in [9.17, 15) is 0 Å². The van der Waals surface area contributed by atoms with Crippen LogP contribution in [-0.4, -0.2) is 6.26 Å². The maximum Gasteiger partial charge on any atom is 0.0139 e. The van der Waals surface area contributed by atoms with Crippen LogP contribution in [0, 0.1) is 0 Å². The maximum atomic E-state index is 6.80. The highest BCUT2D eigenvalue weighted by molar-refractivity contribution is 8.31. The second-order valence-corrected chi connectivity index (χ2v) is 11.7. The number of fused-ring (bicyclic) bond motifs is 3. The molecule has 0 unspecified atom stereocenters. The van der Waals surface area contributed by atoms with Gasteiger partial charge in [-0.25, -0.2) is 0 Å². The molecule has 1 nitrogen and oxygen atoms in total. The Morgan fingerprint density at radius 2 is 1.04 bits per heavy atom.